The second-order valence-corrected chi connectivity index (χ2v) is 15.7. The van der Waals surface area contributed by atoms with Crippen LogP contribution in [0.5, 0.6) is 0 Å². The standard InChI is InChI=1S/C21H25.C10H15.C6H10.2ClH.Zr/c1-20(2,3)16-9-7-14-11-15-8-10-17(21(4,5)6)13-19(15)18(14)12-16;1-4-10(2,3)9-7-5-6-8-9;1-2-4-6-5-3-1;;;/h7,9-10,12-13H,11H2,1-6H3;7-8H,4-5H2,1-3H3;1-5H2;2*1H;/q2*-1;;;;+2/p-2. The summed E-state index contributed by atoms with van der Waals surface area (Å²) < 4.78 is 1.80. The quantitative estimate of drug-likeness (QED) is 0.358. The zero-order chi connectivity index (χ0) is 28.1. The molecule has 2 aromatic rings. The zero-order valence-corrected chi connectivity index (χ0v) is 30.4. The van der Waals surface area contributed by atoms with Gasteiger partial charge in [-0.3, -0.25) is 6.08 Å². The van der Waals surface area contributed by atoms with E-state index in [-0.39, 0.29) is 35.6 Å². The van der Waals surface area contributed by atoms with E-state index in [9.17, 15) is 0 Å². The average molecular weight is 657 g/mol. The van der Waals surface area contributed by atoms with E-state index in [0.717, 1.165) is 12.8 Å². The summed E-state index contributed by atoms with van der Waals surface area (Å²) in [5, 5.41) is 0. The number of fused-ring (bicyclic) bond motifs is 3. The van der Waals surface area contributed by atoms with E-state index in [2.05, 4.69) is 117 Å². The van der Waals surface area contributed by atoms with Gasteiger partial charge in [0.05, 0.1) is 0 Å². The number of rotatable bonds is 2. The van der Waals surface area contributed by atoms with Gasteiger partial charge in [0.25, 0.3) is 0 Å². The molecule has 0 aromatic heterocycles. The first-order valence-electron chi connectivity index (χ1n) is 14.7. The van der Waals surface area contributed by atoms with Gasteiger partial charge in [-0.25, -0.2) is 6.08 Å². The molecule has 5 rings (SSSR count). The number of hydrogen-bond acceptors (Lipinski definition) is 0. The fraction of sp³-hybridized carbons (Fsp3) is 0.541. The third-order valence-electron chi connectivity index (χ3n) is 8.35. The van der Waals surface area contributed by atoms with Crippen LogP contribution in [0.4, 0.5) is 0 Å². The summed E-state index contributed by atoms with van der Waals surface area (Å²) in [4.78, 5) is 0. The fourth-order valence-corrected chi connectivity index (χ4v) is 5.90. The minimum atomic E-state index is 0. The van der Waals surface area contributed by atoms with Crippen LogP contribution in [0.1, 0.15) is 130 Å². The molecular formula is C37H50Cl2Zr-2. The molecule has 1 saturated carbocycles. The molecule has 40 heavy (non-hydrogen) atoms. The van der Waals surface area contributed by atoms with Crippen LogP contribution in [0.2, 0.25) is 0 Å². The molecule has 0 spiro atoms. The first-order chi connectivity index (χ1) is 17.7. The third kappa shape index (κ3) is 10.2. The van der Waals surface area contributed by atoms with Crippen molar-refractivity contribution < 1.29 is 49.0 Å². The molecule has 0 nitrogen and oxygen atoms in total. The maximum atomic E-state index is 3.53. The molecule has 0 amide bonds. The summed E-state index contributed by atoms with van der Waals surface area (Å²) in [6.07, 6.45) is 18.2. The molecule has 0 heterocycles. The van der Waals surface area contributed by atoms with Gasteiger partial charge in [0.2, 0.25) is 0 Å². The molecule has 0 bridgehead atoms. The predicted octanol–water partition coefficient (Wildman–Crippen LogP) is 4.44. The van der Waals surface area contributed by atoms with Crippen molar-refractivity contribution in [1.29, 1.82) is 0 Å². The molecule has 0 radical (unpaired) electrons. The van der Waals surface area contributed by atoms with Crippen molar-refractivity contribution in [3.05, 3.63) is 82.5 Å². The van der Waals surface area contributed by atoms with Gasteiger partial charge < -0.3 is 24.8 Å². The SMILES string of the molecule is CC(C)(C)c1c[c-]c2c(c1)-c1cc(C(C)(C)C)ccc1C2.CCC(C)(C)C1=CC[C-]=C1.[Cl-].[Cl-].[Zr+2]=[C]1CCCCC1. The van der Waals surface area contributed by atoms with Crippen molar-refractivity contribution in [1.82, 2.24) is 0 Å². The van der Waals surface area contributed by atoms with Crippen LogP contribution >= 0.6 is 0 Å². The minimum absolute atomic E-state index is 0. The summed E-state index contributed by atoms with van der Waals surface area (Å²) in [6.45, 7) is 20.4. The zero-order valence-electron chi connectivity index (χ0n) is 26.5. The molecule has 0 N–H and O–H groups in total. The second-order valence-electron chi connectivity index (χ2n) is 13.9. The summed E-state index contributed by atoms with van der Waals surface area (Å²) in [5.74, 6) is 0. The Balaban J connectivity index is 0.000000351. The summed E-state index contributed by atoms with van der Waals surface area (Å²) in [7, 11) is 0. The Morgan fingerprint density at radius 3 is 1.88 bits per heavy atom. The van der Waals surface area contributed by atoms with Gasteiger partial charge in [-0.2, -0.15) is 41.0 Å². The average Bonchev–Trinajstić information content (AvgIpc) is 3.52. The molecule has 218 valence electrons. The monoisotopic (exact) mass is 654 g/mol. The first-order valence-corrected chi connectivity index (χ1v) is 16.0. The van der Waals surface area contributed by atoms with Crippen LogP contribution in [0, 0.1) is 17.6 Å². The normalized spacial score (nSPS) is 15.8. The maximum absolute atomic E-state index is 3.53. The first kappa shape index (κ1) is 37.3. The van der Waals surface area contributed by atoms with Crippen molar-refractivity contribution in [2.45, 2.75) is 125 Å². The van der Waals surface area contributed by atoms with Crippen LogP contribution in [0.25, 0.3) is 11.1 Å². The Labute approximate surface area is 274 Å². The van der Waals surface area contributed by atoms with E-state index in [0.29, 0.717) is 5.41 Å². The Bertz CT molecular complexity index is 1120. The van der Waals surface area contributed by atoms with E-state index in [1.54, 1.807) is 27.4 Å². The van der Waals surface area contributed by atoms with Crippen molar-refractivity contribution in [2.24, 2.45) is 5.41 Å². The second kappa shape index (κ2) is 15.6. The Kier molecular flexibility index (Phi) is 14.6. The van der Waals surface area contributed by atoms with Crippen LogP contribution in [0.3, 0.4) is 0 Å². The van der Waals surface area contributed by atoms with Gasteiger partial charge in [-0.15, -0.1) is 12.0 Å². The third-order valence-corrected chi connectivity index (χ3v) is 9.58. The van der Waals surface area contributed by atoms with Crippen LogP contribution in [-0.2, 0) is 41.5 Å². The number of benzene rings is 2. The molecule has 0 unspecified atom stereocenters. The van der Waals surface area contributed by atoms with Gasteiger partial charge in [-0.1, -0.05) is 109 Å². The van der Waals surface area contributed by atoms with Crippen molar-refractivity contribution in [3.8, 4) is 11.1 Å². The van der Waals surface area contributed by atoms with E-state index >= 15 is 0 Å². The molecule has 0 saturated heterocycles. The Hall–Kier alpha value is -0.747. The van der Waals surface area contributed by atoms with Crippen LogP contribution in [0.15, 0.2) is 48.1 Å². The van der Waals surface area contributed by atoms with Gasteiger partial charge in [0.15, 0.2) is 0 Å². The van der Waals surface area contributed by atoms with Crippen molar-refractivity contribution >= 4 is 3.21 Å². The molecule has 2 aromatic carbocycles. The molecule has 3 aliphatic rings. The topological polar surface area (TPSA) is 0 Å². The van der Waals surface area contributed by atoms with Crippen LogP contribution in [-0.4, -0.2) is 3.21 Å². The van der Waals surface area contributed by atoms with Crippen molar-refractivity contribution in [2.75, 3.05) is 0 Å². The number of allylic oxidation sites excluding steroid dienone is 4. The summed E-state index contributed by atoms with van der Waals surface area (Å²) >= 11 is 1.69. The molecule has 0 aliphatic heterocycles. The van der Waals surface area contributed by atoms with E-state index in [1.807, 2.05) is 0 Å². The van der Waals surface area contributed by atoms with Gasteiger partial charge >= 0.3 is 59.5 Å². The molecule has 0 atom stereocenters. The predicted molar refractivity (Wildman–Crippen MR) is 164 cm³/mol. The number of hydrogen-bond donors (Lipinski definition) is 0. The van der Waals surface area contributed by atoms with Gasteiger partial charge in [0, 0.05) is 0 Å². The summed E-state index contributed by atoms with van der Waals surface area (Å²) in [6, 6.07) is 15.1. The molecule has 3 heteroatoms. The Morgan fingerprint density at radius 1 is 0.800 bits per heavy atom. The van der Waals surface area contributed by atoms with E-state index < -0.39 is 0 Å². The van der Waals surface area contributed by atoms with Crippen molar-refractivity contribution in [3.63, 3.8) is 0 Å². The van der Waals surface area contributed by atoms with Gasteiger partial charge in [0.1, 0.15) is 0 Å². The summed E-state index contributed by atoms with van der Waals surface area (Å²) in [5.41, 5.74) is 10.6. The van der Waals surface area contributed by atoms with Gasteiger partial charge in [-0.05, 0) is 17.4 Å². The molecular weight excluding hydrogens is 607 g/mol. The van der Waals surface area contributed by atoms with Crippen LogP contribution < -0.4 is 24.8 Å². The Morgan fingerprint density at radius 2 is 1.40 bits per heavy atom. The van der Waals surface area contributed by atoms with E-state index in [4.69, 9.17) is 0 Å². The number of halogens is 2. The molecule has 3 aliphatic carbocycles. The molecule has 1 fully saturated rings. The van der Waals surface area contributed by atoms with E-state index in [1.165, 1.54) is 77.5 Å². The fourth-order valence-electron chi connectivity index (χ4n) is 5.04.